The van der Waals surface area contributed by atoms with Crippen molar-refractivity contribution in [3.63, 3.8) is 0 Å². The molecule has 1 aromatic rings. The molecule has 0 aliphatic carbocycles. The van der Waals surface area contributed by atoms with Gasteiger partial charge in [0.1, 0.15) is 29.0 Å². The Labute approximate surface area is 175 Å². The minimum absolute atomic E-state index is 0. The zero-order valence-electron chi connectivity index (χ0n) is 12.1. The number of hydrogen-bond donors (Lipinski definition) is 4. The third-order valence-corrected chi connectivity index (χ3v) is 3.84. The van der Waals surface area contributed by atoms with Crippen molar-refractivity contribution < 1.29 is 39.6 Å². The molecular weight excluding hydrogens is 420 g/mol. The summed E-state index contributed by atoms with van der Waals surface area (Å²) in [6, 6.07) is 1.63. The van der Waals surface area contributed by atoms with Gasteiger partial charge in [0.2, 0.25) is 0 Å². The van der Waals surface area contributed by atoms with E-state index in [4.69, 9.17) is 20.4 Å². The van der Waals surface area contributed by atoms with Crippen molar-refractivity contribution in [3.05, 3.63) is 16.0 Å². The van der Waals surface area contributed by atoms with Gasteiger partial charge in [-0.25, -0.2) is 4.79 Å². The Bertz CT molecular complexity index is 707. The Morgan fingerprint density at radius 1 is 1.00 bits per heavy atom. The van der Waals surface area contributed by atoms with E-state index in [0.717, 1.165) is 4.90 Å². The number of anilines is 1. The minimum atomic E-state index is -1.49. The predicted molar refractivity (Wildman–Crippen MR) is 80.6 cm³/mol. The Morgan fingerprint density at radius 2 is 1.50 bits per heavy atom. The Hall–Kier alpha value is -1.65. The fourth-order valence-electron chi connectivity index (χ4n) is 1.81. The largest absolute Gasteiger partial charge is 0.481 e. The number of carboxylic acids is 4. The molecule has 12 heteroatoms. The van der Waals surface area contributed by atoms with E-state index in [1.165, 1.54) is 0 Å². The first kappa shape index (κ1) is 22.4. The average molecular weight is 430 g/mol. The summed E-state index contributed by atoms with van der Waals surface area (Å²) in [7, 11) is 0. The van der Waals surface area contributed by atoms with E-state index >= 15 is 0 Å². The van der Waals surface area contributed by atoms with Gasteiger partial charge in [-0.15, -0.1) is 11.3 Å². The van der Waals surface area contributed by atoms with Gasteiger partial charge in [-0.05, 0) is 0 Å². The van der Waals surface area contributed by atoms with Crippen LogP contribution in [0.15, 0.2) is 0 Å². The van der Waals surface area contributed by atoms with Gasteiger partial charge in [0.25, 0.3) is 0 Å². The van der Waals surface area contributed by atoms with Crippen LogP contribution in [0.3, 0.4) is 0 Å². The van der Waals surface area contributed by atoms with Crippen LogP contribution in [0.4, 0.5) is 5.00 Å². The number of thiophene rings is 1. The van der Waals surface area contributed by atoms with Crippen molar-refractivity contribution in [3.8, 4) is 6.07 Å². The maximum atomic E-state index is 11.2. The summed E-state index contributed by atoms with van der Waals surface area (Å²) in [4.78, 5) is 44.1. The summed E-state index contributed by atoms with van der Waals surface area (Å²) in [6.45, 7) is -1.57. The molecule has 1 heterocycles. The van der Waals surface area contributed by atoms with Gasteiger partial charge in [-0.1, -0.05) is 0 Å². The summed E-state index contributed by atoms with van der Waals surface area (Å²) in [5, 5.41) is 44.6. The second-order valence-corrected chi connectivity index (χ2v) is 5.22. The molecule has 0 saturated heterocycles. The van der Waals surface area contributed by atoms with Crippen LogP contribution in [0.1, 0.15) is 20.8 Å². The molecule has 4 N–H and O–H groups in total. The van der Waals surface area contributed by atoms with E-state index in [0.29, 0.717) is 11.3 Å². The van der Waals surface area contributed by atoms with Crippen molar-refractivity contribution >= 4 is 85.7 Å². The van der Waals surface area contributed by atoms with Crippen LogP contribution in [-0.2, 0) is 20.8 Å². The predicted octanol–water partition coefficient (Wildman–Crippen LogP) is -0.460. The molecule has 0 spiro atoms. The molecule has 0 aromatic carbocycles. The number of nitriles is 1. The van der Waals surface area contributed by atoms with Crippen LogP contribution < -0.4 is 4.90 Å². The maximum absolute atomic E-state index is 11.2. The second-order valence-electron chi connectivity index (χ2n) is 4.22. The van der Waals surface area contributed by atoms with Crippen molar-refractivity contribution in [2.75, 3.05) is 18.0 Å². The molecule has 0 atom stereocenters. The first-order valence-corrected chi connectivity index (χ1v) is 6.68. The SMILES string of the molecule is N#Cc1c(N(CC(=O)O)CC(=O)O)sc(C(=O)O)c1CC(=O)O.[Sr]. The molecule has 1 rings (SSSR count). The fourth-order valence-corrected chi connectivity index (χ4v) is 2.92. The number of hydrogen-bond acceptors (Lipinski definition) is 7. The zero-order valence-corrected chi connectivity index (χ0v) is 16.3. The van der Waals surface area contributed by atoms with E-state index in [2.05, 4.69) is 0 Å². The molecule has 124 valence electrons. The van der Waals surface area contributed by atoms with Gasteiger partial charge in [0.05, 0.1) is 12.0 Å². The molecule has 10 nitrogen and oxygen atoms in total. The summed E-state index contributed by atoms with van der Waals surface area (Å²) >= 11 is 0.467. The third-order valence-electron chi connectivity index (χ3n) is 2.56. The topological polar surface area (TPSA) is 176 Å². The average Bonchev–Trinajstić information content (AvgIpc) is 2.74. The summed E-state index contributed by atoms with van der Waals surface area (Å²) < 4.78 is 0. The normalized spacial score (nSPS) is 9.46. The van der Waals surface area contributed by atoms with Crippen LogP contribution in [0.25, 0.3) is 0 Å². The molecular formula is C12H10N2O8SSr. The first-order chi connectivity index (χ1) is 10.7. The minimum Gasteiger partial charge on any atom is -0.481 e. The number of carboxylic acid groups (broad SMARTS) is 4. The number of aliphatic carboxylic acids is 3. The summed E-state index contributed by atoms with van der Waals surface area (Å²) in [5.41, 5.74) is -0.634. The Morgan fingerprint density at radius 3 is 1.83 bits per heavy atom. The summed E-state index contributed by atoms with van der Waals surface area (Å²) in [5.74, 6) is -5.64. The van der Waals surface area contributed by atoms with E-state index in [-0.39, 0.29) is 61.6 Å². The number of rotatable bonds is 8. The van der Waals surface area contributed by atoms with Gasteiger partial charge in [0, 0.05) is 51.0 Å². The molecule has 0 bridgehead atoms. The fraction of sp³-hybridized carbons (Fsp3) is 0.250. The van der Waals surface area contributed by atoms with Crippen LogP contribution >= 0.6 is 11.3 Å². The number of carbonyl (C=O) groups is 4. The van der Waals surface area contributed by atoms with Crippen molar-refractivity contribution in [1.29, 1.82) is 5.26 Å². The zero-order chi connectivity index (χ0) is 17.7. The molecule has 0 amide bonds. The van der Waals surface area contributed by atoms with Crippen molar-refractivity contribution in [2.24, 2.45) is 0 Å². The summed E-state index contributed by atoms with van der Waals surface area (Å²) in [6.07, 6.45) is -0.755. The van der Waals surface area contributed by atoms with Crippen molar-refractivity contribution in [1.82, 2.24) is 0 Å². The van der Waals surface area contributed by atoms with Gasteiger partial charge in [0.15, 0.2) is 0 Å². The molecule has 0 aliphatic rings. The molecule has 0 saturated carbocycles. The molecule has 0 aliphatic heterocycles. The second kappa shape index (κ2) is 9.60. The van der Waals surface area contributed by atoms with E-state index in [9.17, 15) is 24.4 Å². The molecule has 0 unspecified atom stereocenters. The molecule has 24 heavy (non-hydrogen) atoms. The molecule has 0 fully saturated rings. The van der Waals surface area contributed by atoms with E-state index in [1.807, 2.05) is 0 Å². The van der Waals surface area contributed by atoms with Crippen LogP contribution in [0.5, 0.6) is 0 Å². The van der Waals surface area contributed by atoms with Crippen LogP contribution in [-0.4, -0.2) is 103 Å². The van der Waals surface area contributed by atoms with Crippen molar-refractivity contribution in [2.45, 2.75) is 6.42 Å². The van der Waals surface area contributed by atoms with Gasteiger partial charge in [-0.2, -0.15) is 5.26 Å². The first-order valence-electron chi connectivity index (χ1n) is 5.86. The van der Waals surface area contributed by atoms with E-state index < -0.39 is 48.3 Å². The standard InChI is InChI=1S/C12H10N2O8S.Sr/c13-2-6-5(1-7(15)16)10(12(21)22)23-11(6)14(3-8(17)18)4-9(19)20;/h1,3-4H2,(H,15,16)(H,17,18)(H,19,20)(H,21,22);. The van der Waals surface area contributed by atoms with Gasteiger partial charge in [-0.3, -0.25) is 14.4 Å². The van der Waals surface area contributed by atoms with Gasteiger partial charge >= 0.3 is 23.9 Å². The number of aromatic carboxylic acids is 1. The monoisotopic (exact) mass is 430 g/mol. The molecule has 2 radical (unpaired) electrons. The molecule has 1 aromatic heterocycles. The number of nitrogens with zero attached hydrogens (tertiary/aromatic N) is 2. The van der Waals surface area contributed by atoms with E-state index in [1.54, 1.807) is 6.07 Å². The quantitative estimate of drug-likeness (QED) is 0.395. The van der Waals surface area contributed by atoms with Crippen LogP contribution in [0, 0.1) is 11.3 Å². The maximum Gasteiger partial charge on any atom is 0.346 e. The smallest absolute Gasteiger partial charge is 0.346 e. The Kier molecular flexibility index (Phi) is 8.94. The Balaban J connectivity index is 0.00000529. The third kappa shape index (κ3) is 5.77. The van der Waals surface area contributed by atoms with Gasteiger partial charge < -0.3 is 25.3 Å². The van der Waals surface area contributed by atoms with Crippen LogP contribution in [0.2, 0.25) is 0 Å².